The second-order valence-electron chi connectivity index (χ2n) is 6.49. The lowest BCUT2D eigenvalue weighted by Gasteiger charge is -2.10. The van der Waals surface area contributed by atoms with Gasteiger partial charge in [0.25, 0.3) is 11.8 Å². The Morgan fingerprint density at radius 3 is 2.41 bits per heavy atom. The van der Waals surface area contributed by atoms with E-state index >= 15 is 0 Å². The minimum atomic E-state index is -0.413. The molecule has 0 bridgehead atoms. The van der Waals surface area contributed by atoms with Crippen LogP contribution in [0.15, 0.2) is 60.9 Å². The van der Waals surface area contributed by atoms with E-state index < -0.39 is 5.91 Å². The van der Waals surface area contributed by atoms with E-state index in [1.165, 1.54) is 0 Å². The smallest absolute Gasteiger partial charge is 0.269 e. The summed E-state index contributed by atoms with van der Waals surface area (Å²) in [5.74, 6) is 0.656. The Morgan fingerprint density at radius 1 is 1.03 bits per heavy atom. The highest BCUT2D eigenvalue weighted by Crippen LogP contribution is 2.13. The van der Waals surface area contributed by atoms with Crippen molar-refractivity contribution < 1.29 is 14.3 Å². The summed E-state index contributed by atoms with van der Waals surface area (Å²) in [5, 5.41) is 2.99. The summed E-state index contributed by atoms with van der Waals surface area (Å²) in [6.07, 6.45) is 3.55. The number of anilines is 1. The van der Waals surface area contributed by atoms with Crippen LogP contribution in [0.2, 0.25) is 0 Å². The largest absolute Gasteiger partial charge is 0.486 e. The van der Waals surface area contributed by atoms with Crippen molar-refractivity contribution in [1.29, 1.82) is 0 Å². The van der Waals surface area contributed by atoms with Crippen molar-refractivity contribution in [2.45, 2.75) is 13.5 Å². The number of benzene rings is 2. The maximum atomic E-state index is 12.2. The molecule has 8 nitrogen and oxygen atoms in total. The van der Waals surface area contributed by atoms with Crippen LogP contribution in [0.4, 0.5) is 5.69 Å². The van der Waals surface area contributed by atoms with E-state index in [1.54, 1.807) is 30.5 Å². The van der Waals surface area contributed by atoms with Gasteiger partial charge in [0.2, 0.25) is 0 Å². The molecule has 8 heteroatoms. The summed E-state index contributed by atoms with van der Waals surface area (Å²) in [6, 6.07) is 14.3. The lowest BCUT2D eigenvalue weighted by atomic mass is 10.2. The number of carbonyl (C=O) groups excluding carboxylic acids is 2. The van der Waals surface area contributed by atoms with Crippen LogP contribution in [-0.4, -0.2) is 27.9 Å². The standard InChI is InChI=1S/C21H23N5O3/c1-15-3-7-17(8-4-15)23-13-20(27)24-25-21(28)16-5-9-18(10-6-16)29-14-19-22-11-12-26(19)2/h3-12,23H,13-14H2,1-2H3,(H,24,27)(H,25,28). The zero-order chi connectivity index (χ0) is 20.6. The van der Waals surface area contributed by atoms with Gasteiger partial charge in [-0.05, 0) is 43.3 Å². The molecule has 2 amide bonds. The van der Waals surface area contributed by atoms with Crippen molar-refractivity contribution in [3.63, 3.8) is 0 Å². The van der Waals surface area contributed by atoms with Crippen LogP contribution in [0.3, 0.4) is 0 Å². The minimum Gasteiger partial charge on any atom is -0.486 e. The number of aryl methyl sites for hydroxylation is 2. The first-order chi connectivity index (χ1) is 14.0. The van der Waals surface area contributed by atoms with Crippen molar-refractivity contribution in [2.24, 2.45) is 7.05 Å². The summed E-state index contributed by atoms with van der Waals surface area (Å²) in [6.45, 7) is 2.37. The van der Waals surface area contributed by atoms with Crippen LogP contribution < -0.4 is 20.9 Å². The van der Waals surface area contributed by atoms with Crippen LogP contribution in [0.1, 0.15) is 21.7 Å². The molecule has 2 aromatic carbocycles. The normalized spacial score (nSPS) is 10.3. The molecule has 0 fully saturated rings. The number of rotatable bonds is 7. The SMILES string of the molecule is Cc1ccc(NCC(=O)NNC(=O)c2ccc(OCc3nccn3C)cc2)cc1. The number of ether oxygens (including phenoxy) is 1. The molecule has 0 spiro atoms. The predicted octanol–water partition coefficient (Wildman–Crippen LogP) is 2.18. The quantitative estimate of drug-likeness (QED) is 0.535. The zero-order valence-corrected chi connectivity index (χ0v) is 16.3. The van der Waals surface area contributed by atoms with Crippen LogP contribution in [-0.2, 0) is 18.4 Å². The summed E-state index contributed by atoms with van der Waals surface area (Å²) >= 11 is 0. The number of imidazole rings is 1. The van der Waals surface area contributed by atoms with E-state index in [0.717, 1.165) is 17.1 Å². The molecule has 0 saturated carbocycles. The second-order valence-corrected chi connectivity index (χ2v) is 6.49. The molecule has 1 heterocycles. The van der Waals surface area contributed by atoms with Crippen molar-refractivity contribution in [3.05, 3.63) is 77.9 Å². The highest BCUT2D eigenvalue weighted by atomic mass is 16.5. The van der Waals surface area contributed by atoms with Gasteiger partial charge in [0.15, 0.2) is 0 Å². The van der Waals surface area contributed by atoms with Gasteiger partial charge in [0.1, 0.15) is 18.2 Å². The van der Waals surface area contributed by atoms with Crippen molar-refractivity contribution >= 4 is 17.5 Å². The highest BCUT2D eigenvalue weighted by Gasteiger charge is 2.08. The number of amides is 2. The summed E-state index contributed by atoms with van der Waals surface area (Å²) in [4.78, 5) is 28.2. The fourth-order valence-corrected chi connectivity index (χ4v) is 2.48. The molecule has 0 unspecified atom stereocenters. The maximum absolute atomic E-state index is 12.2. The monoisotopic (exact) mass is 393 g/mol. The van der Waals surface area contributed by atoms with Gasteiger partial charge in [0, 0.05) is 30.7 Å². The van der Waals surface area contributed by atoms with E-state index in [1.807, 2.05) is 49.0 Å². The van der Waals surface area contributed by atoms with Crippen LogP contribution in [0, 0.1) is 6.92 Å². The molecule has 29 heavy (non-hydrogen) atoms. The summed E-state index contributed by atoms with van der Waals surface area (Å²) < 4.78 is 7.53. The van der Waals surface area contributed by atoms with Crippen molar-refractivity contribution in [2.75, 3.05) is 11.9 Å². The molecule has 0 aliphatic rings. The molecule has 3 aromatic rings. The molecule has 3 rings (SSSR count). The van der Waals surface area contributed by atoms with E-state index in [-0.39, 0.29) is 12.5 Å². The highest BCUT2D eigenvalue weighted by molar-refractivity contribution is 5.95. The topological polar surface area (TPSA) is 97.3 Å². The first-order valence-corrected chi connectivity index (χ1v) is 9.10. The fraction of sp³-hybridized carbons (Fsp3) is 0.190. The molecule has 0 atom stereocenters. The average molecular weight is 393 g/mol. The first kappa shape index (κ1) is 19.9. The number of carbonyl (C=O) groups is 2. The van der Waals surface area contributed by atoms with Gasteiger partial charge in [-0.2, -0.15) is 0 Å². The van der Waals surface area contributed by atoms with Crippen LogP contribution >= 0.6 is 0 Å². The predicted molar refractivity (Wildman–Crippen MR) is 109 cm³/mol. The Morgan fingerprint density at radius 2 is 1.76 bits per heavy atom. The van der Waals surface area contributed by atoms with Gasteiger partial charge in [-0.3, -0.25) is 20.4 Å². The number of nitrogens with one attached hydrogen (secondary N) is 3. The third-order valence-corrected chi connectivity index (χ3v) is 4.23. The molecule has 0 radical (unpaired) electrons. The van der Waals surface area contributed by atoms with Gasteiger partial charge in [-0.15, -0.1) is 0 Å². The van der Waals surface area contributed by atoms with Crippen LogP contribution in [0.5, 0.6) is 5.75 Å². The molecule has 150 valence electrons. The Labute approximate surface area is 168 Å². The van der Waals surface area contributed by atoms with E-state index in [9.17, 15) is 9.59 Å². The van der Waals surface area contributed by atoms with E-state index in [4.69, 9.17) is 4.74 Å². The Bertz CT molecular complexity index is 965. The van der Waals surface area contributed by atoms with E-state index in [0.29, 0.717) is 17.9 Å². The fourth-order valence-electron chi connectivity index (χ4n) is 2.48. The number of hydrogen-bond acceptors (Lipinski definition) is 5. The van der Waals surface area contributed by atoms with Gasteiger partial charge >= 0.3 is 0 Å². The third kappa shape index (κ3) is 5.83. The third-order valence-electron chi connectivity index (χ3n) is 4.23. The molecule has 0 aliphatic carbocycles. The minimum absolute atomic E-state index is 0.0449. The lowest BCUT2D eigenvalue weighted by Crippen LogP contribution is -2.44. The number of aromatic nitrogens is 2. The molecule has 3 N–H and O–H groups in total. The zero-order valence-electron chi connectivity index (χ0n) is 16.3. The molecule has 0 aliphatic heterocycles. The van der Waals surface area contributed by atoms with Crippen molar-refractivity contribution in [3.8, 4) is 5.75 Å². The second kappa shape index (κ2) is 9.41. The Balaban J connectivity index is 1.42. The van der Waals surface area contributed by atoms with Crippen LogP contribution in [0.25, 0.3) is 0 Å². The number of hydrogen-bond donors (Lipinski definition) is 3. The van der Waals surface area contributed by atoms with Crippen molar-refractivity contribution in [1.82, 2.24) is 20.4 Å². The molecular weight excluding hydrogens is 370 g/mol. The van der Waals surface area contributed by atoms with Gasteiger partial charge in [-0.25, -0.2) is 4.98 Å². The number of nitrogens with zero attached hydrogens (tertiary/aromatic N) is 2. The number of hydrazine groups is 1. The Kier molecular flexibility index (Phi) is 6.47. The van der Waals surface area contributed by atoms with Gasteiger partial charge in [-0.1, -0.05) is 17.7 Å². The average Bonchev–Trinajstić information content (AvgIpc) is 3.15. The maximum Gasteiger partial charge on any atom is 0.269 e. The summed E-state index contributed by atoms with van der Waals surface area (Å²) in [7, 11) is 1.89. The summed E-state index contributed by atoms with van der Waals surface area (Å²) in [5.41, 5.74) is 7.15. The van der Waals surface area contributed by atoms with E-state index in [2.05, 4.69) is 21.2 Å². The van der Waals surface area contributed by atoms with Gasteiger partial charge in [0.05, 0.1) is 6.54 Å². The molecular formula is C21H23N5O3. The molecule has 0 saturated heterocycles. The first-order valence-electron chi connectivity index (χ1n) is 9.10. The lowest BCUT2D eigenvalue weighted by molar-refractivity contribution is -0.120. The van der Waals surface area contributed by atoms with Gasteiger partial charge < -0.3 is 14.6 Å². The Hall–Kier alpha value is -3.81. The molecule has 1 aromatic heterocycles.